The van der Waals surface area contributed by atoms with Crippen molar-refractivity contribution >= 4 is 0 Å². The van der Waals surface area contributed by atoms with Crippen LogP contribution in [0.25, 0.3) is 0 Å². The topological polar surface area (TPSA) is 27.7 Å². The zero-order chi connectivity index (χ0) is 17.2. The Bertz CT molecular complexity index is 384. The van der Waals surface area contributed by atoms with Gasteiger partial charge in [0, 0.05) is 25.0 Å². The summed E-state index contributed by atoms with van der Waals surface area (Å²) < 4.78 is 2.45. The molecule has 130 valence electrons. The molecule has 23 heavy (non-hydrogen) atoms. The standard InChI is InChI=1S/C20H36N.CN/c1-3-5-6-7-8-9-10-11-12-14-18-21-19-15-13-17-20(21)16-4-2;1-2/h13,15,17,19H,3-12,14,16,18H2,1-2H3;/q+1;-1. The molecule has 2 nitrogen and oxygen atoms in total. The van der Waals surface area contributed by atoms with Crippen molar-refractivity contribution in [3.05, 3.63) is 36.7 Å². The molecule has 0 aromatic carbocycles. The number of nitrogens with zero attached hydrogens (tertiary/aromatic N) is 2. The summed E-state index contributed by atoms with van der Waals surface area (Å²) in [7, 11) is 0. The highest BCUT2D eigenvalue weighted by atomic mass is 14.9. The van der Waals surface area contributed by atoms with Gasteiger partial charge in [-0.1, -0.05) is 71.3 Å². The third-order valence-corrected chi connectivity index (χ3v) is 4.29. The van der Waals surface area contributed by atoms with Gasteiger partial charge in [-0.25, -0.2) is 4.57 Å². The third kappa shape index (κ3) is 11.8. The highest BCUT2D eigenvalue weighted by molar-refractivity contribution is 4.97. The zero-order valence-corrected chi connectivity index (χ0v) is 15.4. The van der Waals surface area contributed by atoms with Crippen molar-refractivity contribution in [2.45, 2.75) is 97.4 Å². The highest BCUT2D eigenvalue weighted by Crippen LogP contribution is 2.10. The molecule has 0 spiro atoms. The average molecular weight is 317 g/mol. The van der Waals surface area contributed by atoms with Gasteiger partial charge in [0.15, 0.2) is 11.9 Å². The van der Waals surface area contributed by atoms with Crippen LogP contribution in [0.3, 0.4) is 0 Å². The largest absolute Gasteiger partial charge is 0.512 e. The van der Waals surface area contributed by atoms with Gasteiger partial charge in [0.1, 0.15) is 6.54 Å². The summed E-state index contributed by atoms with van der Waals surface area (Å²) >= 11 is 0. The molecule has 0 amide bonds. The van der Waals surface area contributed by atoms with Crippen molar-refractivity contribution in [1.29, 1.82) is 5.26 Å². The van der Waals surface area contributed by atoms with Crippen molar-refractivity contribution in [2.24, 2.45) is 0 Å². The van der Waals surface area contributed by atoms with E-state index in [4.69, 9.17) is 11.8 Å². The summed E-state index contributed by atoms with van der Waals surface area (Å²) in [5.74, 6) is 0. The Morgan fingerprint density at radius 2 is 1.35 bits per heavy atom. The van der Waals surface area contributed by atoms with Gasteiger partial charge in [0.2, 0.25) is 0 Å². The molecule has 1 rings (SSSR count). The number of pyridine rings is 1. The Labute approximate surface area is 144 Å². The summed E-state index contributed by atoms with van der Waals surface area (Å²) in [6.45, 7) is 10.5. The molecule has 1 aromatic rings. The van der Waals surface area contributed by atoms with Gasteiger partial charge in [0.05, 0.1) is 0 Å². The van der Waals surface area contributed by atoms with Gasteiger partial charge in [-0.15, -0.1) is 0 Å². The van der Waals surface area contributed by atoms with Crippen LogP contribution in [0.4, 0.5) is 0 Å². The van der Waals surface area contributed by atoms with E-state index in [-0.39, 0.29) is 0 Å². The van der Waals surface area contributed by atoms with Crippen molar-refractivity contribution in [3.8, 4) is 0 Å². The maximum Gasteiger partial charge on any atom is 0.181 e. The minimum Gasteiger partial charge on any atom is -0.512 e. The van der Waals surface area contributed by atoms with Crippen LogP contribution in [0, 0.1) is 11.8 Å². The van der Waals surface area contributed by atoms with Crippen LogP contribution in [0.1, 0.15) is 90.2 Å². The van der Waals surface area contributed by atoms with Crippen molar-refractivity contribution in [3.63, 3.8) is 0 Å². The van der Waals surface area contributed by atoms with Crippen LogP contribution in [0.15, 0.2) is 24.4 Å². The lowest BCUT2D eigenvalue weighted by Gasteiger charge is -2.04. The molecular formula is C21H36N2. The number of rotatable bonds is 13. The van der Waals surface area contributed by atoms with Crippen LogP contribution in [0.5, 0.6) is 0 Å². The second kappa shape index (κ2) is 17.0. The number of aryl methyl sites for hydroxylation is 2. The van der Waals surface area contributed by atoms with Crippen LogP contribution in [-0.2, 0) is 13.0 Å². The molecule has 0 aliphatic heterocycles. The molecule has 1 heterocycles. The third-order valence-electron chi connectivity index (χ3n) is 4.29. The maximum atomic E-state index is 6.25. The van der Waals surface area contributed by atoms with Gasteiger partial charge in [-0.3, -0.25) is 0 Å². The molecule has 1 aromatic heterocycles. The second-order valence-electron chi connectivity index (χ2n) is 6.32. The van der Waals surface area contributed by atoms with E-state index < -0.39 is 0 Å². The average Bonchev–Trinajstić information content (AvgIpc) is 2.60. The fraction of sp³-hybridized carbons (Fsp3) is 0.714. The number of hydrogen-bond donors (Lipinski definition) is 0. The van der Waals surface area contributed by atoms with Crippen LogP contribution < -0.4 is 4.57 Å². The second-order valence-corrected chi connectivity index (χ2v) is 6.32. The lowest BCUT2D eigenvalue weighted by Crippen LogP contribution is -2.37. The van der Waals surface area contributed by atoms with Crippen molar-refractivity contribution < 1.29 is 4.57 Å². The summed E-state index contributed by atoms with van der Waals surface area (Å²) in [6.07, 6.45) is 18.9. The Morgan fingerprint density at radius 3 is 1.91 bits per heavy atom. The Balaban J connectivity index is 0.00000232. The van der Waals surface area contributed by atoms with Gasteiger partial charge in [0.25, 0.3) is 0 Å². The van der Waals surface area contributed by atoms with Gasteiger partial charge < -0.3 is 11.8 Å². The summed E-state index contributed by atoms with van der Waals surface area (Å²) in [6, 6.07) is 6.61. The predicted molar refractivity (Wildman–Crippen MR) is 97.4 cm³/mol. The monoisotopic (exact) mass is 316 g/mol. The van der Waals surface area contributed by atoms with E-state index in [1.807, 2.05) is 0 Å². The Morgan fingerprint density at radius 1 is 0.783 bits per heavy atom. The van der Waals surface area contributed by atoms with E-state index in [1.54, 1.807) is 0 Å². The van der Waals surface area contributed by atoms with Gasteiger partial charge in [-0.2, -0.15) is 0 Å². The fourth-order valence-corrected chi connectivity index (χ4v) is 2.98. The van der Waals surface area contributed by atoms with Crippen LogP contribution in [-0.4, -0.2) is 0 Å². The van der Waals surface area contributed by atoms with Crippen LogP contribution in [0.2, 0.25) is 0 Å². The number of hydrogen-bond acceptors (Lipinski definition) is 1. The molecule has 0 radical (unpaired) electrons. The van der Waals surface area contributed by atoms with Crippen molar-refractivity contribution in [2.75, 3.05) is 0 Å². The van der Waals surface area contributed by atoms with E-state index in [0.29, 0.717) is 0 Å². The summed E-state index contributed by atoms with van der Waals surface area (Å²) in [5, 5.41) is 6.25. The minimum absolute atomic E-state index is 1.20. The molecule has 0 atom stereocenters. The SMILES string of the molecule is CCCCCCCCCCCC[n+]1ccccc1CCC.[C-]#N. The highest BCUT2D eigenvalue weighted by Gasteiger charge is 2.07. The van der Waals surface area contributed by atoms with E-state index in [2.05, 4.69) is 42.8 Å². The molecule has 0 unspecified atom stereocenters. The molecule has 0 aliphatic carbocycles. The van der Waals surface area contributed by atoms with Gasteiger partial charge >= 0.3 is 0 Å². The predicted octanol–water partition coefficient (Wildman–Crippen LogP) is 5.94. The fourth-order valence-electron chi connectivity index (χ4n) is 2.98. The van der Waals surface area contributed by atoms with E-state index >= 15 is 0 Å². The summed E-state index contributed by atoms with van der Waals surface area (Å²) in [5.41, 5.74) is 1.50. The first kappa shape index (κ1) is 21.6. The first-order chi connectivity index (χ1) is 11.4. The molecule has 0 bridgehead atoms. The van der Waals surface area contributed by atoms with Gasteiger partial charge in [-0.05, 0) is 12.8 Å². The molecule has 2 heteroatoms. The van der Waals surface area contributed by atoms with E-state index in [9.17, 15) is 0 Å². The first-order valence-electron chi connectivity index (χ1n) is 9.58. The minimum atomic E-state index is 1.20. The Kier molecular flexibility index (Phi) is 16.0. The lowest BCUT2D eigenvalue weighted by atomic mass is 10.1. The number of aromatic nitrogens is 1. The molecule has 0 saturated carbocycles. The Hall–Kier alpha value is -1.36. The normalized spacial score (nSPS) is 10.1. The first-order valence-corrected chi connectivity index (χ1v) is 9.58. The smallest absolute Gasteiger partial charge is 0.181 e. The molecule has 0 saturated heterocycles. The molecule has 0 fully saturated rings. The summed E-state index contributed by atoms with van der Waals surface area (Å²) in [4.78, 5) is 0. The molecule has 0 N–H and O–H groups in total. The molecule has 0 aliphatic rings. The van der Waals surface area contributed by atoms with E-state index in [1.165, 1.54) is 89.3 Å². The number of unbranched alkanes of at least 4 members (excludes halogenated alkanes) is 9. The van der Waals surface area contributed by atoms with Crippen molar-refractivity contribution in [1.82, 2.24) is 0 Å². The maximum absolute atomic E-state index is 6.25. The van der Waals surface area contributed by atoms with E-state index in [0.717, 1.165) is 0 Å². The zero-order valence-electron chi connectivity index (χ0n) is 15.4. The quantitative estimate of drug-likeness (QED) is 0.251. The lowest BCUT2D eigenvalue weighted by molar-refractivity contribution is -0.704. The molecular weight excluding hydrogens is 280 g/mol. The van der Waals surface area contributed by atoms with Crippen LogP contribution >= 0.6 is 0 Å².